The van der Waals surface area contributed by atoms with E-state index in [2.05, 4.69) is 0 Å². The van der Waals surface area contributed by atoms with Crippen molar-refractivity contribution in [2.24, 2.45) is 0 Å². The zero-order chi connectivity index (χ0) is 14.7. The highest BCUT2D eigenvalue weighted by atomic mass is 16.7. The molecule has 1 aromatic carbocycles. The summed E-state index contributed by atoms with van der Waals surface area (Å²) in [6, 6.07) is 5.61. The lowest BCUT2D eigenvalue weighted by molar-refractivity contribution is -0.213. The number of ether oxygens (including phenoxy) is 3. The number of carbonyl (C=O) groups is 1. The third-order valence-electron chi connectivity index (χ3n) is 4.51. The van der Waals surface area contributed by atoms with Crippen molar-refractivity contribution in [3.63, 3.8) is 0 Å². The van der Waals surface area contributed by atoms with Gasteiger partial charge in [0.1, 0.15) is 5.75 Å². The Morgan fingerprint density at radius 3 is 2.90 bits per heavy atom. The van der Waals surface area contributed by atoms with Gasteiger partial charge in [-0.05, 0) is 36.8 Å². The van der Waals surface area contributed by atoms with Gasteiger partial charge in [-0.2, -0.15) is 0 Å². The first-order valence-electron chi connectivity index (χ1n) is 7.11. The number of anilines is 1. The zero-order valence-electron chi connectivity index (χ0n) is 12.1. The molecule has 2 spiro atoms. The number of amides is 1. The molecule has 0 aliphatic carbocycles. The second-order valence-corrected chi connectivity index (χ2v) is 5.68. The molecule has 0 saturated carbocycles. The molecule has 0 aromatic heterocycles. The van der Waals surface area contributed by atoms with Gasteiger partial charge in [0.05, 0.1) is 19.4 Å². The van der Waals surface area contributed by atoms with E-state index in [4.69, 9.17) is 14.2 Å². The van der Waals surface area contributed by atoms with E-state index in [9.17, 15) is 4.79 Å². The van der Waals surface area contributed by atoms with E-state index in [1.807, 2.05) is 30.4 Å². The van der Waals surface area contributed by atoms with Crippen molar-refractivity contribution in [1.29, 1.82) is 0 Å². The molecule has 3 aliphatic heterocycles. The molecule has 3 heterocycles. The lowest BCUT2D eigenvalue weighted by Gasteiger charge is -2.28. The molecule has 5 heteroatoms. The van der Waals surface area contributed by atoms with Gasteiger partial charge in [0.2, 0.25) is 0 Å². The molecule has 0 unspecified atom stereocenters. The van der Waals surface area contributed by atoms with Crippen molar-refractivity contribution in [2.75, 3.05) is 25.7 Å². The molecule has 3 aliphatic rings. The molecule has 1 aromatic rings. The molecule has 21 heavy (non-hydrogen) atoms. The van der Waals surface area contributed by atoms with Crippen LogP contribution in [0.5, 0.6) is 5.75 Å². The van der Waals surface area contributed by atoms with E-state index in [0.717, 1.165) is 24.1 Å². The molecule has 1 amide bonds. The highest BCUT2D eigenvalue weighted by Gasteiger charge is 2.58. The number of likely N-dealkylation sites (N-methyl/N-ethyl adjacent to an activating group) is 1. The smallest absolute Gasteiger partial charge is 0.267 e. The minimum absolute atomic E-state index is 0.0885. The first-order chi connectivity index (χ1) is 10.1. The highest BCUT2D eigenvalue weighted by Crippen LogP contribution is 2.52. The summed E-state index contributed by atoms with van der Waals surface area (Å²) in [4.78, 5) is 14.4. The van der Waals surface area contributed by atoms with Crippen LogP contribution in [0.2, 0.25) is 0 Å². The summed E-state index contributed by atoms with van der Waals surface area (Å²) in [7, 11) is 3.38. The van der Waals surface area contributed by atoms with Crippen LogP contribution in [0.25, 0.3) is 0 Å². The second kappa shape index (κ2) is 4.08. The predicted molar refractivity (Wildman–Crippen MR) is 76.2 cm³/mol. The van der Waals surface area contributed by atoms with E-state index in [0.29, 0.717) is 12.4 Å². The minimum Gasteiger partial charge on any atom is -0.497 e. The zero-order valence-corrected chi connectivity index (χ0v) is 12.1. The maximum Gasteiger partial charge on any atom is 0.267 e. The van der Waals surface area contributed by atoms with E-state index in [-0.39, 0.29) is 5.91 Å². The van der Waals surface area contributed by atoms with Crippen LogP contribution in [0.15, 0.2) is 30.4 Å². The standard InChI is InChI=1S/C16H17NO4/c1-17-13-5-4-11(19-2)10-12(13)16(14(17)18)8-7-15(21-16)6-3-9-20-15/h4-5,7-8,10H,3,6,9H2,1-2H3/t15-,16+/m0/s1. The third-order valence-corrected chi connectivity index (χ3v) is 4.51. The van der Waals surface area contributed by atoms with Gasteiger partial charge < -0.3 is 19.1 Å². The summed E-state index contributed by atoms with van der Waals surface area (Å²) in [6.07, 6.45) is 5.44. The van der Waals surface area contributed by atoms with Gasteiger partial charge >= 0.3 is 0 Å². The van der Waals surface area contributed by atoms with Crippen molar-refractivity contribution in [3.8, 4) is 5.75 Å². The molecule has 0 radical (unpaired) electrons. The lowest BCUT2D eigenvalue weighted by Crippen LogP contribution is -2.42. The summed E-state index contributed by atoms with van der Waals surface area (Å²) in [5.41, 5.74) is 0.585. The van der Waals surface area contributed by atoms with Gasteiger partial charge in [-0.1, -0.05) is 0 Å². The molecule has 1 saturated heterocycles. The number of hydrogen-bond acceptors (Lipinski definition) is 4. The number of carbonyl (C=O) groups excluding carboxylic acids is 1. The fourth-order valence-electron chi connectivity index (χ4n) is 3.40. The van der Waals surface area contributed by atoms with Crippen LogP contribution in [-0.2, 0) is 19.9 Å². The van der Waals surface area contributed by atoms with Gasteiger partial charge in [-0.25, -0.2) is 0 Å². The van der Waals surface area contributed by atoms with Crippen LogP contribution in [0, 0.1) is 0 Å². The Morgan fingerprint density at radius 2 is 2.19 bits per heavy atom. The lowest BCUT2D eigenvalue weighted by atomic mass is 9.95. The Labute approximate surface area is 123 Å². The van der Waals surface area contributed by atoms with Crippen molar-refractivity contribution in [3.05, 3.63) is 35.9 Å². The average Bonchev–Trinajstić information content (AvgIpc) is 3.18. The van der Waals surface area contributed by atoms with Gasteiger partial charge in [-0.15, -0.1) is 0 Å². The van der Waals surface area contributed by atoms with Crippen LogP contribution in [0.4, 0.5) is 5.69 Å². The summed E-state index contributed by atoms with van der Waals surface area (Å²) < 4.78 is 17.2. The Kier molecular flexibility index (Phi) is 2.50. The second-order valence-electron chi connectivity index (χ2n) is 5.68. The Hall–Kier alpha value is -1.85. The summed E-state index contributed by atoms with van der Waals surface area (Å²) >= 11 is 0. The van der Waals surface area contributed by atoms with Crippen molar-refractivity contribution in [1.82, 2.24) is 0 Å². The third kappa shape index (κ3) is 1.56. The van der Waals surface area contributed by atoms with Gasteiger partial charge in [0, 0.05) is 19.0 Å². The molecule has 1 fully saturated rings. The molecular weight excluding hydrogens is 270 g/mol. The van der Waals surface area contributed by atoms with E-state index < -0.39 is 11.4 Å². The summed E-state index contributed by atoms with van der Waals surface area (Å²) in [5, 5.41) is 0. The fraction of sp³-hybridized carbons (Fsp3) is 0.438. The number of benzene rings is 1. The van der Waals surface area contributed by atoms with Crippen LogP contribution >= 0.6 is 0 Å². The molecule has 5 nitrogen and oxygen atoms in total. The molecule has 0 N–H and O–H groups in total. The van der Waals surface area contributed by atoms with E-state index in [1.54, 1.807) is 19.1 Å². The molecule has 4 rings (SSSR count). The van der Waals surface area contributed by atoms with Crippen molar-refractivity contribution >= 4 is 11.6 Å². The number of nitrogens with zero attached hydrogens (tertiary/aromatic N) is 1. The van der Waals surface area contributed by atoms with Crippen molar-refractivity contribution in [2.45, 2.75) is 24.2 Å². The average molecular weight is 287 g/mol. The topological polar surface area (TPSA) is 48.0 Å². The number of rotatable bonds is 1. The van der Waals surface area contributed by atoms with Gasteiger partial charge in [0.15, 0.2) is 11.4 Å². The largest absolute Gasteiger partial charge is 0.497 e. The first kappa shape index (κ1) is 12.9. The fourth-order valence-corrected chi connectivity index (χ4v) is 3.40. The Morgan fingerprint density at radius 1 is 1.33 bits per heavy atom. The van der Waals surface area contributed by atoms with Gasteiger partial charge in [0.25, 0.3) is 5.91 Å². The number of fused-ring (bicyclic) bond motifs is 2. The van der Waals surface area contributed by atoms with Crippen LogP contribution in [0.3, 0.4) is 0 Å². The predicted octanol–water partition coefficient (Wildman–Crippen LogP) is 1.96. The quantitative estimate of drug-likeness (QED) is 0.741. The van der Waals surface area contributed by atoms with Crippen LogP contribution in [-0.4, -0.2) is 32.5 Å². The monoisotopic (exact) mass is 287 g/mol. The van der Waals surface area contributed by atoms with Crippen LogP contribution < -0.4 is 9.64 Å². The SMILES string of the molecule is COc1ccc2c(c1)[C@]1(C=C[C@]3(CCCO3)O1)C(=O)N2C. The van der Waals surface area contributed by atoms with Crippen LogP contribution in [0.1, 0.15) is 18.4 Å². The molecule has 2 atom stereocenters. The minimum atomic E-state index is -1.08. The summed E-state index contributed by atoms with van der Waals surface area (Å²) in [5.74, 6) is -0.128. The summed E-state index contributed by atoms with van der Waals surface area (Å²) in [6.45, 7) is 0.662. The number of hydrogen-bond donors (Lipinski definition) is 0. The Bertz CT molecular complexity index is 648. The van der Waals surface area contributed by atoms with Gasteiger partial charge in [-0.3, -0.25) is 4.79 Å². The first-order valence-corrected chi connectivity index (χ1v) is 7.11. The highest BCUT2D eigenvalue weighted by molar-refractivity contribution is 6.08. The molecule has 0 bridgehead atoms. The van der Waals surface area contributed by atoms with Crippen molar-refractivity contribution < 1.29 is 19.0 Å². The van der Waals surface area contributed by atoms with E-state index >= 15 is 0 Å². The maximum atomic E-state index is 12.8. The number of methoxy groups -OCH3 is 1. The maximum absolute atomic E-state index is 12.8. The molecular formula is C16H17NO4. The normalized spacial score (nSPS) is 33.4. The van der Waals surface area contributed by atoms with E-state index in [1.165, 1.54) is 0 Å². The molecule has 110 valence electrons. The Balaban J connectivity index is 1.84.